The lowest BCUT2D eigenvalue weighted by atomic mass is 10.1. The van der Waals surface area contributed by atoms with Crippen molar-refractivity contribution in [1.29, 1.82) is 0 Å². The monoisotopic (exact) mass is 644 g/mol. The average molecular weight is 645 g/mol. The number of hydrogen-bond donors (Lipinski definition) is 1. The van der Waals surface area contributed by atoms with Crippen LogP contribution >= 0.6 is 11.6 Å². The first-order valence-electron chi connectivity index (χ1n) is 14.1. The lowest BCUT2D eigenvalue weighted by molar-refractivity contribution is -0.385. The number of ether oxygens (including phenoxy) is 1. The second-order valence-corrected chi connectivity index (χ2v) is 12.5. The highest BCUT2D eigenvalue weighted by Crippen LogP contribution is 2.30. The summed E-state index contributed by atoms with van der Waals surface area (Å²) in [4.78, 5) is 39.5. The number of nitro benzene ring substituents is 1. The number of carbonyl (C=O) groups excluding carboxylic acids is 2. The minimum absolute atomic E-state index is 0.0581. The molecule has 0 aliphatic rings. The van der Waals surface area contributed by atoms with Gasteiger partial charge in [-0.25, -0.2) is 8.42 Å². The van der Waals surface area contributed by atoms with Crippen molar-refractivity contribution < 1.29 is 27.7 Å². The van der Waals surface area contributed by atoms with Crippen LogP contribution in [0.2, 0.25) is 5.02 Å². The van der Waals surface area contributed by atoms with Crippen LogP contribution in [0.4, 0.5) is 11.4 Å². The van der Waals surface area contributed by atoms with Crippen molar-refractivity contribution in [3.63, 3.8) is 0 Å². The Kier molecular flexibility index (Phi) is 11.7. The standard InChI is InChI=1S/C31H37ClN4O7S/c1-6-22(4)33-31(38)28(7-2)34(19-23-10-8-9-11-27(23)32)30(37)20-35(24-13-15-25(43-5)16-14-24)44(41,42)26-17-12-21(3)29(18-26)36(39)40/h8-18,22,28H,6-7,19-20H2,1-5H3,(H,33,38). The Hall–Kier alpha value is -4.16. The van der Waals surface area contributed by atoms with Gasteiger partial charge in [-0.15, -0.1) is 0 Å². The maximum atomic E-state index is 14.2. The molecule has 11 nitrogen and oxygen atoms in total. The van der Waals surface area contributed by atoms with E-state index in [0.29, 0.717) is 22.8 Å². The first kappa shape index (κ1) is 34.3. The summed E-state index contributed by atoms with van der Waals surface area (Å²) < 4.78 is 34.3. The van der Waals surface area contributed by atoms with Crippen LogP contribution in [0.1, 0.15) is 44.7 Å². The predicted molar refractivity (Wildman–Crippen MR) is 169 cm³/mol. The number of methoxy groups -OCH3 is 1. The number of anilines is 1. The third-order valence-corrected chi connectivity index (χ3v) is 9.43. The number of nitro groups is 1. The topological polar surface area (TPSA) is 139 Å². The molecule has 44 heavy (non-hydrogen) atoms. The van der Waals surface area contributed by atoms with Crippen LogP contribution < -0.4 is 14.4 Å². The molecule has 0 saturated carbocycles. The van der Waals surface area contributed by atoms with Crippen molar-refractivity contribution in [1.82, 2.24) is 10.2 Å². The van der Waals surface area contributed by atoms with Gasteiger partial charge in [0.15, 0.2) is 0 Å². The Bertz CT molecular complexity index is 1600. The Balaban J connectivity index is 2.13. The molecule has 1 N–H and O–H groups in total. The number of amides is 2. The number of aryl methyl sites for hydroxylation is 1. The number of sulfonamides is 1. The third kappa shape index (κ3) is 8.06. The summed E-state index contributed by atoms with van der Waals surface area (Å²) in [6, 6.07) is 15.4. The summed E-state index contributed by atoms with van der Waals surface area (Å²) in [7, 11) is -3.06. The van der Waals surface area contributed by atoms with E-state index in [1.165, 1.54) is 55.3 Å². The van der Waals surface area contributed by atoms with Gasteiger partial charge in [-0.2, -0.15) is 0 Å². The molecule has 236 valence electrons. The summed E-state index contributed by atoms with van der Waals surface area (Å²) >= 11 is 6.43. The zero-order chi connectivity index (χ0) is 32.6. The summed E-state index contributed by atoms with van der Waals surface area (Å²) in [5.74, 6) is -0.594. The lowest BCUT2D eigenvalue weighted by Gasteiger charge is -2.34. The number of hydrogen-bond acceptors (Lipinski definition) is 7. The highest BCUT2D eigenvalue weighted by molar-refractivity contribution is 7.92. The van der Waals surface area contributed by atoms with E-state index >= 15 is 0 Å². The highest BCUT2D eigenvalue weighted by atomic mass is 35.5. The molecule has 3 aromatic rings. The number of nitrogens with zero attached hydrogens (tertiary/aromatic N) is 3. The van der Waals surface area contributed by atoms with Gasteiger partial charge in [-0.3, -0.25) is 24.0 Å². The lowest BCUT2D eigenvalue weighted by Crippen LogP contribution is -2.53. The van der Waals surface area contributed by atoms with Gasteiger partial charge in [0.05, 0.1) is 22.6 Å². The van der Waals surface area contributed by atoms with Crippen LogP contribution in [0.15, 0.2) is 71.6 Å². The summed E-state index contributed by atoms with van der Waals surface area (Å²) in [5.41, 5.74) is 0.604. The van der Waals surface area contributed by atoms with Gasteiger partial charge < -0.3 is 15.0 Å². The van der Waals surface area contributed by atoms with E-state index in [1.807, 2.05) is 13.8 Å². The molecule has 2 unspecified atom stereocenters. The summed E-state index contributed by atoms with van der Waals surface area (Å²) in [6.07, 6.45) is 0.921. The van der Waals surface area contributed by atoms with Crippen molar-refractivity contribution in [2.24, 2.45) is 0 Å². The van der Waals surface area contributed by atoms with Crippen molar-refractivity contribution >= 4 is 44.8 Å². The molecule has 0 fully saturated rings. The molecule has 0 aliphatic carbocycles. The maximum Gasteiger partial charge on any atom is 0.273 e. The van der Waals surface area contributed by atoms with Gasteiger partial charge in [-0.1, -0.05) is 49.7 Å². The molecular weight excluding hydrogens is 608 g/mol. The molecule has 2 atom stereocenters. The van der Waals surface area contributed by atoms with E-state index < -0.39 is 33.4 Å². The smallest absolute Gasteiger partial charge is 0.273 e. The van der Waals surface area contributed by atoms with Crippen LogP contribution in [-0.4, -0.2) is 55.8 Å². The van der Waals surface area contributed by atoms with E-state index in [9.17, 15) is 28.1 Å². The predicted octanol–water partition coefficient (Wildman–Crippen LogP) is 5.48. The molecule has 3 rings (SSSR count). The van der Waals surface area contributed by atoms with Crippen LogP contribution in [-0.2, 0) is 26.2 Å². The first-order chi connectivity index (χ1) is 20.8. The minimum Gasteiger partial charge on any atom is -0.497 e. The molecule has 2 amide bonds. The maximum absolute atomic E-state index is 14.2. The fraction of sp³-hybridized carbons (Fsp3) is 0.355. The van der Waals surface area contributed by atoms with Crippen molar-refractivity contribution in [3.8, 4) is 5.75 Å². The molecular formula is C31H37ClN4O7S. The molecule has 0 saturated heterocycles. The van der Waals surface area contributed by atoms with Crippen molar-refractivity contribution in [2.45, 2.75) is 64.1 Å². The van der Waals surface area contributed by atoms with Crippen LogP contribution in [0.25, 0.3) is 0 Å². The molecule has 0 heterocycles. The van der Waals surface area contributed by atoms with E-state index in [0.717, 1.165) is 10.4 Å². The zero-order valence-corrected chi connectivity index (χ0v) is 26.9. The summed E-state index contributed by atoms with van der Waals surface area (Å²) in [6.45, 7) is 6.28. The Morgan fingerprint density at radius 2 is 1.70 bits per heavy atom. The highest BCUT2D eigenvalue weighted by Gasteiger charge is 2.35. The SMILES string of the molecule is CCC(C)NC(=O)C(CC)N(Cc1ccccc1Cl)C(=O)CN(c1ccc(OC)cc1)S(=O)(=O)c1ccc(C)c([N+](=O)[O-])c1. The number of carbonyl (C=O) groups is 2. The van der Waals surface area contributed by atoms with E-state index in [-0.39, 0.29) is 46.7 Å². The molecule has 0 radical (unpaired) electrons. The average Bonchev–Trinajstić information content (AvgIpc) is 3.00. The van der Waals surface area contributed by atoms with Crippen LogP contribution in [0.5, 0.6) is 5.75 Å². The second kappa shape index (κ2) is 15.0. The van der Waals surface area contributed by atoms with Crippen molar-refractivity contribution in [2.75, 3.05) is 18.0 Å². The van der Waals surface area contributed by atoms with Gasteiger partial charge in [0.1, 0.15) is 18.3 Å². The summed E-state index contributed by atoms with van der Waals surface area (Å²) in [5, 5.41) is 14.9. The van der Waals surface area contributed by atoms with Crippen molar-refractivity contribution in [3.05, 3.63) is 93.0 Å². The van der Waals surface area contributed by atoms with Gasteiger partial charge in [0.2, 0.25) is 11.8 Å². The third-order valence-electron chi connectivity index (χ3n) is 7.29. The Morgan fingerprint density at radius 3 is 2.27 bits per heavy atom. The van der Waals surface area contributed by atoms with Crippen LogP contribution in [0.3, 0.4) is 0 Å². The minimum atomic E-state index is -4.52. The van der Waals surface area contributed by atoms with Gasteiger partial charge in [0.25, 0.3) is 15.7 Å². The Labute approximate surface area is 263 Å². The van der Waals surface area contributed by atoms with Crippen LogP contribution in [0, 0.1) is 17.0 Å². The second-order valence-electron chi connectivity index (χ2n) is 10.3. The number of rotatable bonds is 14. The molecule has 0 spiro atoms. The van der Waals surface area contributed by atoms with E-state index in [4.69, 9.17) is 16.3 Å². The molecule has 0 aliphatic heterocycles. The number of halogens is 1. The van der Waals surface area contributed by atoms with Gasteiger partial charge in [-0.05, 0) is 68.7 Å². The van der Waals surface area contributed by atoms with Gasteiger partial charge >= 0.3 is 0 Å². The number of benzene rings is 3. The van der Waals surface area contributed by atoms with E-state index in [1.54, 1.807) is 31.2 Å². The quantitative estimate of drug-likeness (QED) is 0.181. The molecule has 3 aromatic carbocycles. The Morgan fingerprint density at radius 1 is 1.05 bits per heavy atom. The fourth-order valence-corrected chi connectivity index (χ4v) is 6.15. The molecule has 0 bridgehead atoms. The normalized spacial score (nSPS) is 12.6. The zero-order valence-electron chi connectivity index (χ0n) is 25.3. The fourth-order valence-electron chi connectivity index (χ4n) is 4.52. The van der Waals surface area contributed by atoms with Gasteiger partial charge in [0, 0.05) is 29.2 Å². The largest absolute Gasteiger partial charge is 0.497 e. The number of nitrogens with one attached hydrogen (secondary N) is 1. The molecule has 0 aromatic heterocycles. The molecule has 13 heteroatoms. The van der Waals surface area contributed by atoms with E-state index in [2.05, 4.69) is 5.32 Å². The first-order valence-corrected chi connectivity index (χ1v) is 15.9.